The molecule has 2 aromatic heterocycles. The van der Waals surface area contributed by atoms with E-state index >= 15 is 0 Å². The van der Waals surface area contributed by atoms with Crippen LogP contribution in [0.15, 0.2) is 40.4 Å². The van der Waals surface area contributed by atoms with Gasteiger partial charge in [0.25, 0.3) is 5.91 Å². The van der Waals surface area contributed by atoms with Crippen molar-refractivity contribution in [1.29, 1.82) is 0 Å². The molecule has 1 saturated heterocycles. The first-order chi connectivity index (χ1) is 13.6. The number of nitrogens with one attached hydrogen (secondary N) is 1. The Balaban J connectivity index is 1.45. The summed E-state index contributed by atoms with van der Waals surface area (Å²) in [5.74, 6) is 0.686. The Bertz CT molecular complexity index is 957. The average Bonchev–Trinajstić information content (AvgIpc) is 3.37. The third-order valence-corrected chi connectivity index (χ3v) is 6.14. The fourth-order valence-electron chi connectivity index (χ4n) is 3.58. The average molecular weight is 417 g/mol. The minimum Gasteiger partial charge on any atom is -0.360 e. The van der Waals surface area contributed by atoms with Crippen molar-refractivity contribution in [2.45, 2.75) is 19.8 Å². The molecule has 0 bridgehead atoms. The highest BCUT2D eigenvalue weighted by molar-refractivity contribution is 7.13. The molecule has 1 N–H and O–H groups in total. The molecule has 0 radical (unpaired) electrons. The van der Waals surface area contributed by atoms with Crippen LogP contribution in [0.2, 0.25) is 5.02 Å². The number of aromatic nitrogens is 2. The number of halogens is 1. The van der Waals surface area contributed by atoms with Crippen LogP contribution in [0, 0.1) is 12.8 Å². The van der Waals surface area contributed by atoms with Gasteiger partial charge in [0.1, 0.15) is 17.0 Å². The van der Waals surface area contributed by atoms with Crippen LogP contribution in [-0.4, -0.2) is 35.7 Å². The van der Waals surface area contributed by atoms with Crippen molar-refractivity contribution in [1.82, 2.24) is 15.5 Å². The van der Waals surface area contributed by atoms with E-state index in [1.165, 1.54) is 0 Å². The number of thiazole rings is 1. The number of aryl methyl sites for hydroxylation is 1. The second-order valence-corrected chi connectivity index (χ2v) is 8.20. The van der Waals surface area contributed by atoms with Crippen molar-refractivity contribution in [2.75, 3.05) is 24.5 Å². The van der Waals surface area contributed by atoms with Crippen LogP contribution in [0.4, 0.5) is 5.13 Å². The van der Waals surface area contributed by atoms with Crippen molar-refractivity contribution in [2.24, 2.45) is 5.92 Å². The molecule has 0 aliphatic carbocycles. The van der Waals surface area contributed by atoms with E-state index in [2.05, 4.69) is 20.4 Å². The molecular formula is C20H21ClN4O2S. The van der Waals surface area contributed by atoms with Gasteiger partial charge in [0.2, 0.25) is 0 Å². The topological polar surface area (TPSA) is 71.3 Å². The number of hydrogen-bond acceptors (Lipinski definition) is 6. The predicted octanol–water partition coefficient (Wildman–Crippen LogP) is 4.41. The van der Waals surface area contributed by atoms with Gasteiger partial charge in [-0.1, -0.05) is 35.0 Å². The van der Waals surface area contributed by atoms with Gasteiger partial charge in [-0.2, -0.15) is 0 Å². The number of nitrogens with zero attached hydrogens (tertiary/aromatic N) is 3. The number of carbonyl (C=O) groups excluding carboxylic acids is 1. The molecule has 28 heavy (non-hydrogen) atoms. The molecule has 6 nitrogen and oxygen atoms in total. The lowest BCUT2D eigenvalue weighted by atomic mass is 9.98. The van der Waals surface area contributed by atoms with Crippen LogP contribution in [0.5, 0.6) is 0 Å². The Kier molecular flexibility index (Phi) is 5.64. The van der Waals surface area contributed by atoms with Gasteiger partial charge in [-0.3, -0.25) is 4.79 Å². The molecule has 1 aliphatic heterocycles. The molecule has 0 spiro atoms. The van der Waals surface area contributed by atoms with Gasteiger partial charge < -0.3 is 14.7 Å². The number of piperidine rings is 1. The van der Waals surface area contributed by atoms with Crippen molar-refractivity contribution in [3.63, 3.8) is 0 Å². The Hall–Kier alpha value is -2.38. The molecule has 1 fully saturated rings. The monoisotopic (exact) mass is 416 g/mol. The predicted molar refractivity (Wildman–Crippen MR) is 111 cm³/mol. The highest BCUT2D eigenvalue weighted by atomic mass is 35.5. The number of hydrogen-bond donors (Lipinski definition) is 1. The summed E-state index contributed by atoms with van der Waals surface area (Å²) in [4.78, 5) is 19.6. The number of carbonyl (C=O) groups is 1. The molecule has 3 heterocycles. The smallest absolute Gasteiger partial charge is 0.257 e. The van der Waals surface area contributed by atoms with Gasteiger partial charge in [0.05, 0.1) is 5.02 Å². The fraction of sp³-hybridized carbons (Fsp3) is 0.350. The minimum absolute atomic E-state index is 0.181. The maximum absolute atomic E-state index is 12.9. The SMILES string of the molecule is Cc1onc(-c2ccccc2Cl)c1C(=O)NCC1CCCN(c2nccs2)C1. The van der Waals surface area contributed by atoms with Gasteiger partial charge in [-0.25, -0.2) is 4.98 Å². The fourth-order valence-corrected chi connectivity index (χ4v) is 4.48. The standard InChI is InChI=1S/C20H21ClN4O2S/c1-13-17(18(24-27-13)15-6-2-3-7-16(15)21)19(26)23-11-14-5-4-9-25(12-14)20-22-8-10-28-20/h2-3,6-8,10,14H,4-5,9,11-12H2,1H3,(H,23,26). The van der Waals surface area contributed by atoms with E-state index in [0.717, 1.165) is 31.1 Å². The zero-order valence-electron chi connectivity index (χ0n) is 15.5. The molecule has 1 unspecified atom stereocenters. The highest BCUT2D eigenvalue weighted by Gasteiger charge is 2.25. The summed E-state index contributed by atoms with van der Waals surface area (Å²) < 4.78 is 5.30. The van der Waals surface area contributed by atoms with E-state index in [1.54, 1.807) is 24.3 Å². The van der Waals surface area contributed by atoms with E-state index in [0.29, 0.717) is 40.1 Å². The largest absolute Gasteiger partial charge is 0.360 e. The molecule has 1 atom stereocenters. The Labute approximate surface area is 172 Å². The van der Waals surface area contributed by atoms with Gasteiger partial charge >= 0.3 is 0 Å². The van der Waals surface area contributed by atoms with Gasteiger partial charge in [0.15, 0.2) is 5.13 Å². The lowest BCUT2D eigenvalue weighted by Crippen LogP contribution is -2.41. The van der Waals surface area contributed by atoms with Crippen molar-refractivity contribution in [3.05, 3.63) is 52.2 Å². The maximum Gasteiger partial charge on any atom is 0.257 e. The first-order valence-corrected chi connectivity index (χ1v) is 10.5. The maximum atomic E-state index is 12.9. The summed E-state index contributed by atoms with van der Waals surface area (Å²) in [6, 6.07) is 7.32. The van der Waals surface area contributed by atoms with Gasteiger partial charge in [-0.15, -0.1) is 11.3 Å². The lowest BCUT2D eigenvalue weighted by Gasteiger charge is -2.32. The van der Waals surface area contributed by atoms with E-state index in [9.17, 15) is 4.79 Å². The zero-order chi connectivity index (χ0) is 19.5. The van der Waals surface area contributed by atoms with E-state index in [-0.39, 0.29) is 5.91 Å². The number of rotatable bonds is 5. The van der Waals surface area contributed by atoms with Crippen LogP contribution in [0.1, 0.15) is 29.0 Å². The zero-order valence-corrected chi connectivity index (χ0v) is 17.1. The first-order valence-electron chi connectivity index (χ1n) is 9.27. The molecule has 1 aromatic carbocycles. The van der Waals surface area contributed by atoms with Crippen molar-refractivity contribution < 1.29 is 9.32 Å². The summed E-state index contributed by atoms with van der Waals surface area (Å²) in [5, 5.41) is 10.7. The molecule has 146 valence electrons. The van der Waals surface area contributed by atoms with Crippen LogP contribution in [0.25, 0.3) is 11.3 Å². The summed E-state index contributed by atoms with van der Waals surface area (Å²) in [6.45, 7) is 4.26. The number of amides is 1. The third kappa shape index (κ3) is 3.91. The molecule has 1 aliphatic rings. The van der Waals surface area contributed by atoms with E-state index < -0.39 is 0 Å². The van der Waals surface area contributed by atoms with Crippen LogP contribution >= 0.6 is 22.9 Å². The molecule has 8 heteroatoms. The summed E-state index contributed by atoms with van der Waals surface area (Å²) in [7, 11) is 0. The number of benzene rings is 1. The van der Waals surface area contributed by atoms with Crippen LogP contribution < -0.4 is 10.2 Å². The molecule has 4 rings (SSSR count). The molecule has 3 aromatic rings. The molecule has 1 amide bonds. The second kappa shape index (κ2) is 8.32. The van der Waals surface area contributed by atoms with Gasteiger partial charge in [-0.05, 0) is 31.7 Å². The summed E-state index contributed by atoms with van der Waals surface area (Å²) >= 11 is 7.94. The summed E-state index contributed by atoms with van der Waals surface area (Å²) in [6.07, 6.45) is 4.01. The first kappa shape index (κ1) is 19.0. The summed E-state index contributed by atoms with van der Waals surface area (Å²) in [5.41, 5.74) is 1.62. The van der Waals surface area contributed by atoms with Crippen LogP contribution in [0.3, 0.4) is 0 Å². The Morgan fingerprint density at radius 2 is 2.29 bits per heavy atom. The lowest BCUT2D eigenvalue weighted by molar-refractivity contribution is 0.0944. The van der Waals surface area contributed by atoms with Crippen molar-refractivity contribution in [3.8, 4) is 11.3 Å². The molecular weight excluding hydrogens is 396 g/mol. The van der Waals surface area contributed by atoms with Crippen molar-refractivity contribution >= 4 is 34.0 Å². The van der Waals surface area contributed by atoms with Crippen LogP contribution in [-0.2, 0) is 0 Å². The Morgan fingerprint density at radius 3 is 3.07 bits per heavy atom. The van der Waals surface area contributed by atoms with E-state index in [1.807, 2.05) is 29.8 Å². The quantitative estimate of drug-likeness (QED) is 0.667. The van der Waals surface area contributed by atoms with E-state index in [4.69, 9.17) is 16.1 Å². The minimum atomic E-state index is -0.181. The van der Waals surface area contributed by atoms with Gasteiger partial charge in [0, 0.05) is 36.8 Å². The normalized spacial score (nSPS) is 16.9. The highest BCUT2D eigenvalue weighted by Crippen LogP contribution is 2.31. The molecule has 0 saturated carbocycles. The Morgan fingerprint density at radius 1 is 1.43 bits per heavy atom. The number of anilines is 1. The second-order valence-electron chi connectivity index (χ2n) is 6.92. The third-order valence-electron chi connectivity index (χ3n) is 4.98.